The lowest BCUT2D eigenvalue weighted by Crippen LogP contribution is -2.30. The molecule has 0 aliphatic carbocycles. The molecule has 0 saturated carbocycles. The van der Waals surface area contributed by atoms with Gasteiger partial charge in [-0.2, -0.15) is 10.1 Å². The molecule has 9 heteroatoms. The van der Waals surface area contributed by atoms with Gasteiger partial charge in [0.2, 0.25) is 5.95 Å². The average Bonchev–Trinajstić information content (AvgIpc) is 3.20. The number of methoxy groups -OCH3 is 3. The molecule has 0 spiro atoms. The first-order chi connectivity index (χ1) is 14.1. The molecule has 29 heavy (non-hydrogen) atoms. The summed E-state index contributed by atoms with van der Waals surface area (Å²) in [6.07, 6.45) is 2.95. The van der Waals surface area contributed by atoms with Crippen LogP contribution in [0.2, 0.25) is 0 Å². The number of aromatic nitrogens is 3. The Labute approximate surface area is 169 Å². The largest absolute Gasteiger partial charge is 0.496 e. The van der Waals surface area contributed by atoms with Gasteiger partial charge in [0.15, 0.2) is 11.5 Å². The van der Waals surface area contributed by atoms with E-state index in [2.05, 4.69) is 15.4 Å². The van der Waals surface area contributed by atoms with E-state index in [9.17, 15) is 4.79 Å². The van der Waals surface area contributed by atoms with E-state index in [0.29, 0.717) is 40.8 Å². The zero-order valence-corrected chi connectivity index (χ0v) is 17.3. The number of nitrogens with one attached hydrogen (secondary N) is 1. The highest BCUT2D eigenvalue weighted by molar-refractivity contribution is 5.92. The Morgan fingerprint density at radius 1 is 1.10 bits per heavy atom. The lowest BCUT2D eigenvalue weighted by atomic mass is 9.93. The van der Waals surface area contributed by atoms with Gasteiger partial charge >= 0.3 is 5.97 Å². The molecule has 156 valence electrons. The summed E-state index contributed by atoms with van der Waals surface area (Å²) in [7, 11) is 4.68. The number of hydrogen-bond donors (Lipinski definition) is 1. The summed E-state index contributed by atoms with van der Waals surface area (Å²) in [5.41, 5.74) is 1.92. The van der Waals surface area contributed by atoms with Gasteiger partial charge in [-0.1, -0.05) is 13.3 Å². The molecule has 1 aliphatic rings. The number of carbonyl (C=O) groups excluding carboxylic acids is 1. The molecule has 9 nitrogen and oxygen atoms in total. The van der Waals surface area contributed by atoms with E-state index in [1.54, 1.807) is 45.1 Å². The Morgan fingerprint density at radius 2 is 1.79 bits per heavy atom. The van der Waals surface area contributed by atoms with Gasteiger partial charge in [-0.05, 0) is 19.4 Å². The number of benzene rings is 1. The van der Waals surface area contributed by atoms with E-state index in [1.165, 1.54) is 6.33 Å². The number of fused-ring (bicyclic) bond motifs is 1. The molecular weight excluding hydrogens is 376 g/mol. The third-order valence-electron chi connectivity index (χ3n) is 4.70. The fourth-order valence-electron chi connectivity index (χ4n) is 3.46. The first-order valence-electron chi connectivity index (χ1n) is 9.46. The minimum atomic E-state index is -0.593. The van der Waals surface area contributed by atoms with Crippen molar-refractivity contribution in [3.05, 3.63) is 35.3 Å². The quantitative estimate of drug-likeness (QED) is 0.673. The van der Waals surface area contributed by atoms with Gasteiger partial charge in [-0.25, -0.2) is 9.48 Å². The molecule has 0 saturated heterocycles. The molecule has 2 aromatic rings. The fraction of sp³-hybridized carbons (Fsp3) is 0.450. The van der Waals surface area contributed by atoms with E-state index in [0.717, 1.165) is 12.1 Å². The summed E-state index contributed by atoms with van der Waals surface area (Å²) in [4.78, 5) is 17.3. The van der Waals surface area contributed by atoms with Gasteiger partial charge in [-0.15, -0.1) is 0 Å². The molecule has 1 aromatic heterocycles. The van der Waals surface area contributed by atoms with Crippen LogP contribution in [-0.2, 0) is 9.53 Å². The van der Waals surface area contributed by atoms with Gasteiger partial charge < -0.3 is 24.3 Å². The number of ether oxygens (including phenoxy) is 4. The highest BCUT2D eigenvalue weighted by Gasteiger charge is 2.37. The third-order valence-corrected chi connectivity index (χ3v) is 4.70. The van der Waals surface area contributed by atoms with E-state index in [1.807, 2.05) is 6.92 Å². The molecule has 0 radical (unpaired) electrons. The second kappa shape index (κ2) is 8.85. The number of anilines is 1. The number of nitrogens with zero attached hydrogens (tertiary/aromatic N) is 3. The molecule has 1 aliphatic heterocycles. The number of hydrogen-bond acceptors (Lipinski definition) is 8. The van der Waals surface area contributed by atoms with Crippen LogP contribution in [0.3, 0.4) is 0 Å². The second-order valence-corrected chi connectivity index (χ2v) is 6.37. The minimum absolute atomic E-state index is 0.266. The lowest BCUT2D eigenvalue weighted by molar-refractivity contribution is -0.139. The number of carbonyl (C=O) groups is 1. The second-order valence-electron chi connectivity index (χ2n) is 6.37. The van der Waals surface area contributed by atoms with Crippen LogP contribution in [0.4, 0.5) is 5.95 Å². The zero-order valence-electron chi connectivity index (χ0n) is 17.3. The maximum absolute atomic E-state index is 13.0. The Morgan fingerprint density at radius 3 is 2.41 bits per heavy atom. The molecule has 1 atom stereocenters. The van der Waals surface area contributed by atoms with Crippen molar-refractivity contribution in [1.29, 1.82) is 0 Å². The Balaban J connectivity index is 2.27. The SMILES string of the molecule is CCCC1=C(C(=O)OCC)[C@H](c2cc(OC)c(OC)cc2OC)n2ncnc2N1. The Kier molecular flexibility index (Phi) is 6.26. The molecule has 1 N–H and O–H groups in total. The van der Waals surface area contributed by atoms with E-state index in [4.69, 9.17) is 18.9 Å². The molecule has 0 amide bonds. The van der Waals surface area contributed by atoms with Gasteiger partial charge in [0.05, 0.1) is 33.5 Å². The third kappa shape index (κ3) is 3.72. The molecule has 2 heterocycles. The van der Waals surface area contributed by atoms with E-state index < -0.39 is 12.0 Å². The summed E-state index contributed by atoms with van der Waals surface area (Å²) in [5, 5.41) is 7.58. The summed E-state index contributed by atoms with van der Waals surface area (Å²) >= 11 is 0. The molecule has 1 aromatic carbocycles. The Bertz CT molecular complexity index is 922. The van der Waals surface area contributed by atoms with Crippen LogP contribution in [0.1, 0.15) is 38.3 Å². The molecule has 0 bridgehead atoms. The predicted molar refractivity (Wildman–Crippen MR) is 106 cm³/mol. The first-order valence-corrected chi connectivity index (χ1v) is 9.46. The van der Waals surface area contributed by atoms with Gasteiger partial charge in [0.1, 0.15) is 18.1 Å². The van der Waals surface area contributed by atoms with E-state index in [-0.39, 0.29) is 6.61 Å². The van der Waals surface area contributed by atoms with Gasteiger partial charge in [0, 0.05) is 17.3 Å². The monoisotopic (exact) mass is 402 g/mol. The normalized spacial score (nSPS) is 15.4. The molecule has 0 fully saturated rings. The van der Waals surface area contributed by atoms with Crippen molar-refractivity contribution < 1.29 is 23.7 Å². The summed E-state index contributed by atoms with van der Waals surface area (Å²) < 4.78 is 23.5. The fourth-order valence-corrected chi connectivity index (χ4v) is 3.46. The topological polar surface area (TPSA) is 96.7 Å². The van der Waals surface area contributed by atoms with Crippen LogP contribution in [0.5, 0.6) is 17.2 Å². The van der Waals surface area contributed by atoms with Crippen molar-refractivity contribution >= 4 is 11.9 Å². The number of rotatable bonds is 8. The van der Waals surface area contributed by atoms with Crippen molar-refractivity contribution in [2.75, 3.05) is 33.3 Å². The minimum Gasteiger partial charge on any atom is -0.496 e. The maximum atomic E-state index is 13.0. The standard InChI is InChI=1S/C20H26N4O5/c1-6-8-13-17(19(25)29-7-2)18(24-20(23-13)21-11-22-24)12-9-15(27-4)16(28-5)10-14(12)26-3/h9-11,18H,6-8H2,1-5H3,(H,21,22,23)/t18-/m0/s1. The van der Waals surface area contributed by atoms with Gasteiger partial charge in [-0.3, -0.25) is 0 Å². The van der Waals surface area contributed by atoms with Crippen molar-refractivity contribution in [3.63, 3.8) is 0 Å². The van der Waals surface area contributed by atoms with Crippen LogP contribution in [0.25, 0.3) is 0 Å². The Hall–Kier alpha value is -3.23. The number of esters is 1. The predicted octanol–water partition coefficient (Wildman–Crippen LogP) is 2.94. The van der Waals surface area contributed by atoms with Gasteiger partial charge in [0.25, 0.3) is 0 Å². The summed E-state index contributed by atoms with van der Waals surface area (Å²) in [6.45, 7) is 4.09. The lowest BCUT2D eigenvalue weighted by Gasteiger charge is -2.30. The highest BCUT2D eigenvalue weighted by Crippen LogP contribution is 2.44. The summed E-state index contributed by atoms with van der Waals surface area (Å²) in [6, 6.07) is 2.93. The number of allylic oxidation sites excluding steroid dienone is 1. The van der Waals surface area contributed by atoms with Crippen molar-refractivity contribution in [2.24, 2.45) is 0 Å². The van der Waals surface area contributed by atoms with Crippen LogP contribution < -0.4 is 19.5 Å². The average molecular weight is 402 g/mol. The molecular formula is C20H26N4O5. The van der Waals surface area contributed by atoms with Crippen LogP contribution >= 0.6 is 0 Å². The maximum Gasteiger partial charge on any atom is 0.338 e. The molecule has 0 unspecified atom stereocenters. The zero-order chi connectivity index (χ0) is 21.0. The van der Waals surface area contributed by atoms with Crippen LogP contribution in [-0.4, -0.2) is 48.7 Å². The smallest absolute Gasteiger partial charge is 0.338 e. The highest BCUT2D eigenvalue weighted by atomic mass is 16.5. The van der Waals surface area contributed by atoms with Crippen LogP contribution in [0.15, 0.2) is 29.7 Å². The van der Waals surface area contributed by atoms with Crippen molar-refractivity contribution in [1.82, 2.24) is 14.8 Å². The van der Waals surface area contributed by atoms with Crippen molar-refractivity contribution in [2.45, 2.75) is 32.7 Å². The van der Waals surface area contributed by atoms with Crippen molar-refractivity contribution in [3.8, 4) is 17.2 Å². The molecule has 3 rings (SSSR count). The van der Waals surface area contributed by atoms with E-state index >= 15 is 0 Å². The first kappa shape index (κ1) is 20.5. The van der Waals surface area contributed by atoms with Crippen LogP contribution in [0, 0.1) is 0 Å². The summed E-state index contributed by atoms with van der Waals surface area (Å²) in [5.74, 6) is 1.71.